The Balaban J connectivity index is 3.01. The van der Waals surface area contributed by atoms with Gasteiger partial charge in [-0.1, -0.05) is 11.6 Å². The Hall–Kier alpha value is 0.520. The van der Waals surface area contributed by atoms with Gasteiger partial charge in [0, 0.05) is 8.04 Å². The summed E-state index contributed by atoms with van der Waals surface area (Å²) in [6, 6.07) is 3.77. The first-order chi connectivity index (χ1) is 6.00. The molecule has 13 heavy (non-hydrogen) atoms. The minimum absolute atomic E-state index is 0.148. The first-order valence-corrected chi connectivity index (χ1v) is 6.07. The quantitative estimate of drug-likeness (QED) is 0.547. The molecule has 0 aliphatic heterocycles. The van der Waals surface area contributed by atoms with Gasteiger partial charge in [0.2, 0.25) is 0 Å². The number of hydrogen-bond donors (Lipinski definition) is 0. The molecule has 1 aromatic rings. The maximum Gasteiger partial charge on any atom is 0.139 e. The van der Waals surface area contributed by atoms with Crippen molar-refractivity contribution in [3.8, 4) is 5.75 Å². The van der Waals surface area contributed by atoms with E-state index >= 15 is 0 Å². The van der Waals surface area contributed by atoms with Crippen molar-refractivity contribution in [2.24, 2.45) is 0 Å². The Bertz CT molecular complexity index is 315. The van der Waals surface area contributed by atoms with Gasteiger partial charge in [0.25, 0.3) is 0 Å². The van der Waals surface area contributed by atoms with Gasteiger partial charge in [-0.05, 0) is 64.5 Å². The van der Waals surface area contributed by atoms with Crippen LogP contribution in [0.25, 0.3) is 0 Å². The van der Waals surface area contributed by atoms with E-state index in [9.17, 15) is 0 Å². The number of rotatable bonds is 2. The van der Waals surface area contributed by atoms with Crippen LogP contribution in [0.1, 0.15) is 13.8 Å². The molecule has 0 saturated carbocycles. The fourth-order valence-corrected chi connectivity index (χ4v) is 1.97. The van der Waals surface area contributed by atoms with E-state index in [-0.39, 0.29) is 6.10 Å². The van der Waals surface area contributed by atoms with Gasteiger partial charge in [-0.2, -0.15) is 0 Å². The van der Waals surface area contributed by atoms with Crippen molar-refractivity contribution in [1.82, 2.24) is 0 Å². The zero-order valence-electron chi connectivity index (χ0n) is 7.27. The standard InChI is InChI=1S/C9H9BrClIO/c1-5(2)13-9-4-8(12)6(10)3-7(9)11/h3-5H,1-2H3. The maximum absolute atomic E-state index is 5.99. The Morgan fingerprint density at radius 2 is 2.08 bits per heavy atom. The third-order valence-corrected chi connectivity index (χ3v) is 3.92. The Morgan fingerprint density at radius 3 is 2.62 bits per heavy atom. The molecule has 0 aromatic heterocycles. The van der Waals surface area contributed by atoms with E-state index in [0.717, 1.165) is 13.8 Å². The minimum atomic E-state index is 0.148. The van der Waals surface area contributed by atoms with E-state index in [1.165, 1.54) is 0 Å². The van der Waals surface area contributed by atoms with Crippen molar-refractivity contribution in [3.63, 3.8) is 0 Å². The van der Waals surface area contributed by atoms with Crippen LogP contribution in [-0.4, -0.2) is 6.10 Å². The van der Waals surface area contributed by atoms with Crippen molar-refractivity contribution in [2.45, 2.75) is 20.0 Å². The third kappa shape index (κ3) is 3.29. The molecular weight excluding hydrogens is 366 g/mol. The summed E-state index contributed by atoms with van der Waals surface area (Å²) in [7, 11) is 0. The summed E-state index contributed by atoms with van der Waals surface area (Å²) in [5.41, 5.74) is 0. The Morgan fingerprint density at radius 1 is 1.46 bits per heavy atom. The fourth-order valence-electron chi connectivity index (χ4n) is 0.849. The molecular formula is C9H9BrClIO. The summed E-state index contributed by atoms with van der Waals surface area (Å²) >= 11 is 11.6. The van der Waals surface area contributed by atoms with Gasteiger partial charge in [-0.15, -0.1) is 0 Å². The molecule has 0 unspecified atom stereocenters. The molecule has 0 heterocycles. The van der Waals surface area contributed by atoms with Crippen molar-refractivity contribution in [1.29, 1.82) is 0 Å². The van der Waals surface area contributed by atoms with Crippen molar-refractivity contribution >= 4 is 50.1 Å². The highest BCUT2D eigenvalue weighted by molar-refractivity contribution is 14.1. The maximum atomic E-state index is 5.99. The van der Waals surface area contributed by atoms with Crippen molar-refractivity contribution in [3.05, 3.63) is 25.2 Å². The lowest BCUT2D eigenvalue weighted by Gasteiger charge is -2.12. The molecule has 1 nitrogen and oxygen atoms in total. The SMILES string of the molecule is CC(C)Oc1cc(I)c(Br)cc1Cl. The summed E-state index contributed by atoms with van der Waals surface area (Å²) in [6.45, 7) is 3.95. The summed E-state index contributed by atoms with van der Waals surface area (Å²) in [4.78, 5) is 0. The third-order valence-electron chi connectivity index (χ3n) is 1.34. The van der Waals surface area contributed by atoms with Crippen LogP contribution in [0.4, 0.5) is 0 Å². The lowest BCUT2D eigenvalue weighted by Crippen LogP contribution is -2.06. The average Bonchev–Trinajstić information content (AvgIpc) is 1.99. The van der Waals surface area contributed by atoms with Gasteiger partial charge >= 0.3 is 0 Å². The first kappa shape index (κ1) is 11.6. The zero-order valence-corrected chi connectivity index (χ0v) is 11.8. The Kier molecular flexibility index (Phi) is 4.32. The lowest BCUT2D eigenvalue weighted by molar-refractivity contribution is 0.242. The molecule has 1 aromatic carbocycles. The van der Waals surface area contributed by atoms with Crippen LogP contribution >= 0.6 is 50.1 Å². The van der Waals surface area contributed by atoms with Crippen LogP contribution in [0.5, 0.6) is 5.75 Å². The molecule has 4 heteroatoms. The summed E-state index contributed by atoms with van der Waals surface area (Å²) in [5.74, 6) is 0.740. The fraction of sp³-hybridized carbons (Fsp3) is 0.333. The minimum Gasteiger partial charge on any atom is -0.489 e. The molecule has 0 fully saturated rings. The second-order valence-electron chi connectivity index (χ2n) is 2.86. The number of hydrogen-bond acceptors (Lipinski definition) is 1. The molecule has 72 valence electrons. The molecule has 1 rings (SSSR count). The van der Waals surface area contributed by atoms with Crippen LogP contribution in [0.15, 0.2) is 16.6 Å². The van der Waals surface area contributed by atoms with Crippen molar-refractivity contribution < 1.29 is 4.74 Å². The van der Waals surface area contributed by atoms with Gasteiger partial charge in [0.1, 0.15) is 5.75 Å². The van der Waals surface area contributed by atoms with Crippen LogP contribution in [-0.2, 0) is 0 Å². The number of halogens is 3. The lowest BCUT2D eigenvalue weighted by atomic mass is 10.3. The molecule has 0 radical (unpaired) electrons. The average molecular weight is 375 g/mol. The van der Waals surface area contributed by atoms with E-state index in [4.69, 9.17) is 16.3 Å². The van der Waals surface area contributed by atoms with Gasteiger partial charge in [0.15, 0.2) is 0 Å². The largest absolute Gasteiger partial charge is 0.489 e. The predicted molar refractivity (Wildman–Crippen MR) is 67.6 cm³/mol. The summed E-state index contributed by atoms with van der Waals surface area (Å²) < 4.78 is 7.61. The molecule has 0 saturated heterocycles. The van der Waals surface area contributed by atoms with Gasteiger partial charge in [0.05, 0.1) is 11.1 Å². The normalized spacial score (nSPS) is 10.6. The highest BCUT2D eigenvalue weighted by atomic mass is 127. The van der Waals surface area contributed by atoms with Crippen molar-refractivity contribution in [2.75, 3.05) is 0 Å². The van der Waals surface area contributed by atoms with Gasteiger partial charge in [-0.25, -0.2) is 0 Å². The summed E-state index contributed by atoms with van der Waals surface area (Å²) in [5, 5.41) is 0.640. The van der Waals surface area contributed by atoms with E-state index in [2.05, 4.69) is 38.5 Å². The molecule has 0 aliphatic carbocycles. The number of ether oxygens (including phenoxy) is 1. The Labute approximate surface area is 105 Å². The highest BCUT2D eigenvalue weighted by Gasteiger charge is 2.07. The highest BCUT2D eigenvalue weighted by Crippen LogP contribution is 2.32. The molecule has 0 amide bonds. The molecule has 0 atom stereocenters. The molecule has 0 N–H and O–H groups in total. The van der Waals surface area contributed by atoms with E-state index in [1.807, 2.05) is 26.0 Å². The van der Waals surface area contributed by atoms with Gasteiger partial charge in [-0.3, -0.25) is 0 Å². The van der Waals surface area contributed by atoms with Crippen LogP contribution in [0.2, 0.25) is 5.02 Å². The van der Waals surface area contributed by atoms with Gasteiger partial charge < -0.3 is 4.74 Å². The monoisotopic (exact) mass is 374 g/mol. The molecule has 0 aliphatic rings. The second kappa shape index (κ2) is 4.84. The van der Waals surface area contributed by atoms with Crippen LogP contribution in [0.3, 0.4) is 0 Å². The zero-order chi connectivity index (χ0) is 10.0. The number of benzene rings is 1. The van der Waals surface area contributed by atoms with Crippen LogP contribution in [0, 0.1) is 3.57 Å². The van der Waals surface area contributed by atoms with E-state index < -0.39 is 0 Å². The first-order valence-electron chi connectivity index (χ1n) is 3.82. The predicted octanol–water partition coefficient (Wildman–Crippen LogP) is 4.49. The smallest absolute Gasteiger partial charge is 0.139 e. The topological polar surface area (TPSA) is 9.23 Å². The summed E-state index contributed by atoms with van der Waals surface area (Å²) in [6.07, 6.45) is 0.148. The molecule has 0 bridgehead atoms. The second-order valence-corrected chi connectivity index (χ2v) is 5.29. The van der Waals surface area contributed by atoms with Crippen LogP contribution < -0.4 is 4.74 Å². The van der Waals surface area contributed by atoms with E-state index in [1.54, 1.807) is 0 Å². The van der Waals surface area contributed by atoms with E-state index in [0.29, 0.717) is 5.02 Å². The molecule has 0 spiro atoms.